The van der Waals surface area contributed by atoms with Crippen molar-refractivity contribution >= 4 is 28.7 Å². The van der Waals surface area contributed by atoms with Gasteiger partial charge >= 0.3 is 0 Å². The number of nitrogens with zero attached hydrogens (tertiary/aromatic N) is 3. The molecule has 0 unspecified atom stereocenters. The van der Waals surface area contributed by atoms with Gasteiger partial charge in [0.2, 0.25) is 5.91 Å². The van der Waals surface area contributed by atoms with Crippen LogP contribution in [-0.4, -0.2) is 45.8 Å². The molecule has 4 rings (SSSR count). The molecule has 1 amide bonds. The van der Waals surface area contributed by atoms with E-state index >= 15 is 0 Å². The molecule has 2 aromatic carbocycles. The highest BCUT2D eigenvalue weighted by molar-refractivity contribution is 7.99. The van der Waals surface area contributed by atoms with E-state index in [1.54, 1.807) is 11.8 Å². The second-order valence-corrected chi connectivity index (χ2v) is 9.06. The highest BCUT2D eigenvalue weighted by Crippen LogP contribution is 2.25. The standard InChI is InChI=1S/C24H29N3O2S/c1-18-11-13-26(14-12-18)23(28)17-27-21-9-5-4-8-20(21)25-24(27)30-16-15-29-22-10-6-3-7-19(22)2/h3-10,18H,11-17H2,1-2H3. The number of hydrogen-bond donors (Lipinski definition) is 0. The van der Waals surface area contributed by atoms with Gasteiger partial charge in [-0.05, 0) is 49.4 Å². The smallest absolute Gasteiger partial charge is 0.242 e. The predicted molar refractivity (Wildman–Crippen MR) is 122 cm³/mol. The molecule has 0 spiro atoms. The molecule has 0 bridgehead atoms. The minimum atomic E-state index is 0.183. The first-order valence-electron chi connectivity index (χ1n) is 10.7. The summed E-state index contributed by atoms with van der Waals surface area (Å²) in [6.07, 6.45) is 2.18. The van der Waals surface area contributed by atoms with Gasteiger partial charge in [-0.25, -0.2) is 4.98 Å². The molecule has 0 aliphatic carbocycles. The molecule has 1 aromatic heterocycles. The van der Waals surface area contributed by atoms with Gasteiger partial charge < -0.3 is 14.2 Å². The quantitative estimate of drug-likeness (QED) is 0.406. The number of amides is 1. The number of rotatable bonds is 7. The van der Waals surface area contributed by atoms with Crippen molar-refractivity contribution in [2.45, 2.75) is 38.4 Å². The van der Waals surface area contributed by atoms with Crippen LogP contribution < -0.4 is 4.74 Å². The van der Waals surface area contributed by atoms with Crippen molar-refractivity contribution in [1.29, 1.82) is 0 Å². The molecular formula is C24H29N3O2S. The van der Waals surface area contributed by atoms with Crippen molar-refractivity contribution < 1.29 is 9.53 Å². The second kappa shape index (κ2) is 9.56. The third-order valence-corrected chi connectivity index (χ3v) is 6.66. The molecule has 6 heteroatoms. The molecule has 3 aromatic rings. The van der Waals surface area contributed by atoms with Crippen LogP contribution in [0.25, 0.3) is 11.0 Å². The fourth-order valence-corrected chi connectivity index (χ4v) is 4.64. The van der Waals surface area contributed by atoms with E-state index in [4.69, 9.17) is 9.72 Å². The molecule has 0 radical (unpaired) electrons. The third-order valence-electron chi connectivity index (χ3n) is 5.71. The minimum Gasteiger partial charge on any atom is -0.492 e. The lowest BCUT2D eigenvalue weighted by atomic mass is 9.99. The molecule has 1 aliphatic rings. The summed E-state index contributed by atoms with van der Waals surface area (Å²) in [6, 6.07) is 16.1. The largest absolute Gasteiger partial charge is 0.492 e. The Morgan fingerprint density at radius 2 is 1.87 bits per heavy atom. The summed E-state index contributed by atoms with van der Waals surface area (Å²) in [6.45, 7) is 6.97. The van der Waals surface area contributed by atoms with Crippen molar-refractivity contribution in [2.24, 2.45) is 5.92 Å². The summed E-state index contributed by atoms with van der Waals surface area (Å²) < 4.78 is 7.99. The Hall–Kier alpha value is -2.47. The van der Waals surface area contributed by atoms with Crippen molar-refractivity contribution in [2.75, 3.05) is 25.4 Å². The van der Waals surface area contributed by atoms with Crippen LogP contribution in [0.4, 0.5) is 0 Å². The van der Waals surface area contributed by atoms with E-state index in [2.05, 4.69) is 24.5 Å². The molecule has 1 saturated heterocycles. The number of fused-ring (bicyclic) bond motifs is 1. The number of carbonyl (C=O) groups is 1. The zero-order chi connectivity index (χ0) is 20.9. The van der Waals surface area contributed by atoms with Gasteiger partial charge in [0, 0.05) is 18.8 Å². The van der Waals surface area contributed by atoms with Crippen LogP contribution in [0, 0.1) is 12.8 Å². The summed E-state index contributed by atoms with van der Waals surface area (Å²) >= 11 is 1.64. The van der Waals surface area contributed by atoms with Crippen LogP contribution >= 0.6 is 11.8 Å². The van der Waals surface area contributed by atoms with Gasteiger partial charge in [0.15, 0.2) is 5.16 Å². The van der Waals surface area contributed by atoms with Gasteiger partial charge in [-0.3, -0.25) is 4.79 Å². The SMILES string of the molecule is Cc1ccccc1OCCSc1nc2ccccc2n1CC(=O)N1CCC(C)CC1. The molecule has 2 heterocycles. The van der Waals surface area contributed by atoms with Crippen LogP contribution in [0.3, 0.4) is 0 Å². The number of para-hydroxylation sites is 3. The van der Waals surface area contributed by atoms with Gasteiger partial charge in [0.05, 0.1) is 17.6 Å². The van der Waals surface area contributed by atoms with E-state index < -0.39 is 0 Å². The summed E-state index contributed by atoms with van der Waals surface area (Å²) in [5.41, 5.74) is 3.08. The Morgan fingerprint density at radius 3 is 2.67 bits per heavy atom. The maximum absolute atomic E-state index is 13.0. The Kier molecular flexibility index (Phi) is 6.62. The number of thioether (sulfide) groups is 1. The molecule has 1 fully saturated rings. The number of carbonyl (C=O) groups excluding carboxylic acids is 1. The second-order valence-electron chi connectivity index (χ2n) is 7.99. The van der Waals surface area contributed by atoms with E-state index in [1.165, 1.54) is 0 Å². The van der Waals surface area contributed by atoms with E-state index in [1.807, 2.05) is 47.4 Å². The van der Waals surface area contributed by atoms with Crippen molar-refractivity contribution in [3.63, 3.8) is 0 Å². The first kappa shape index (κ1) is 20.8. The number of aryl methyl sites for hydroxylation is 1. The molecule has 30 heavy (non-hydrogen) atoms. The summed E-state index contributed by atoms with van der Waals surface area (Å²) in [7, 11) is 0. The van der Waals surface area contributed by atoms with Gasteiger partial charge in [-0.15, -0.1) is 0 Å². The van der Waals surface area contributed by atoms with Gasteiger partial charge in [-0.1, -0.05) is 49.0 Å². The minimum absolute atomic E-state index is 0.183. The number of ether oxygens (including phenoxy) is 1. The molecule has 5 nitrogen and oxygen atoms in total. The zero-order valence-electron chi connectivity index (χ0n) is 17.7. The summed E-state index contributed by atoms with van der Waals surface area (Å²) in [4.78, 5) is 19.8. The lowest BCUT2D eigenvalue weighted by Crippen LogP contribution is -2.39. The van der Waals surface area contributed by atoms with E-state index in [9.17, 15) is 4.79 Å². The van der Waals surface area contributed by atoms with Gasteiger partial charge in [0.25, 0.3) is 0 Å². The Balaban J connectivity index is 1.43. The number of hydrogen-bond acceptors (Lipinski definition) is 4. The average Bonchev–Trinajstić information content (AvgIpc) is 3.10. The Bertz CT molecular complexity index is 1010. The van der Waals surface area contributed by atoms with E-state index in [0.717, 1.165) is 59.2 Å². The lowest BCUT2D eigenvalue weighted by molar-refractivity contribution is -0.133. The molecule has 1 aliphatic heterocycles. The van der Waals surface area contributed by atoms with Crippen LogP contribution in [0.2, 0.25) is 0 Å². The number of benzene rings is 2. The Morgan fingerprint density at radius 1 is 1.13 bits per heavy atom. The van der Waals surface area contributed by atoms with Crippen LogP contribution in [0.15, 0.2) is 53.7 Å². The molecule has 0 N–H and O–H groups in total. The summed E-state index contributed by atoms with van der Waals surface area (Å²) in [5, 5.41) is 0.878. The zero-order valence-corrected chi connectivity index (χ0v) is 18.5. The molecule has 0 atom stereocenters. The molecule has 158 valence electrons. The normalized spacial score (nSPS) is 14.9. The van der Waals surface area contributed by atoms with Crippen LogP contribution in [0.5, 0.6) is 5.75 Å². The molecular weight excluding hydrogens is 394 g/mol. The fourth-order valence-electron chi connectivity index (χ4n) is 3.81. The monoisotopic (exact) mass is 423 g/mol. The first-order valence-corrected chi connectivity index (χ1v) is 11.6. The number of piperidine rings is 1. The highest BCUT2D eigenvalue weighted by Gasteiger charge is 2.22. The van der Waals surface area contributed by atoms with Crippen LogP contribution in [-0.2, 0) is 11.3 Å². The predicted octanol–water partition coefficient (Wildman–Crippen LogP) is 4.77. The first-order chi connectivity index (χ1) is 14.6. The highest BCUT2D eigenvalue weighted by atomic mass is 32.2. The van der Waals surface area contributed by atoms with Gasteiger partial charge in [0.1, 0.15) is 12.3 Å². The Labute approximate surface area is 182 Å². The lowest BCUT2D eigenvalue weighted by Gasteiger charge is -2.30. The van der Waals surface area contributed by atoms with Crippen molar-refractivity contribution in [3.8, 4) is 5.75 Å². The number of aromatic nitrogens is 2. The maximum Gasteiger partial charge on any atom is 0.242 e. The molecule has 0 saturated carbocycles. The van der Waals surface area contributed by atoms with Crippen LogP contribution in [0.1, 0.15) is 25.3 Å². The van der Waals surface area contributed by atoms with Crippen molar-refractivity contribution in [3.05, 3.63) is 54.1 Å². The number of imidazole rings is 1. The average molecular weight is 424 g/mol. The summed E-state index contributed by atoms with van der Waals surface area (Å²) in [5.74, 6) is 2.58. The van der Waals surface area contributed by atoms with Gasteiger partial charge in [-0.2, -0.15) is 0 Å². The maximum atomic E-state index is 13.0. The number of likely N-dealkylation sites (tertiary alicyclic amines) is 1. The van der Waals surface area contributed by atoms with E-state index in [-0.39, 0.29) is 5.91 Å². The third kappa shape index (κ3) is 4.81. The topological polar surface area (TPSA) is 47.4 Å². The van der Waals surface area contributed by atoms with E-state index in [0.29, 0.717) is 19.1 Å². The fraction of sp³-hybridized carbons (Fsp3) is 0.417. The van der Waals surface area contributed by atoms with Crippen molar-refractivity contribution in [1.82, 2.24) is 14.5 Å².